The molecule has 29 heavy (non-hydrogen) atoms. The first kappa shape index (κ1) is 20.1. The average Bonchev–Trinajstić information content (AvgIpc) is 3.36. The lowest BCUT2D eigenvalue weighted by Gasteiger charge is -2.34. The smallest absolute Gasteiger partial charge is 0.307 e. The van der Waals surface area contributed by atoms with Crippen molar-refractivity contribution in [2.75, 3.05) is 18.0 Å². The first-order valence-corrected chi connectivity index (χ1v) is 10.8. The molecule has 2 fully saturated rings. The molecule has 0 radical (unpaired) electrons. The van der Waals surface area contributed by atoms with Gasteiger partial charge in [0.05, 0.1) is 16.6 Å². The highest BCUT2D eigenvalue weighted by molar-refractivity contribution is 7.99. The molecule has 1 N–H and O–H groups in total. The summed E-state index contributed by atoms with van der Waals surface area (Å²) in [6.07, 6.45) is 1.98. The molecule has 0 bridgehead atoms. The van der Waals surface area contributed by atoms with E-state index in [-0.39, 0.29) is 17.0 Å². The van der Waals surface area contributed by atoms with Crippen molar-refractivity contribution in [1.82, 2.24) is 4.98 Å². The molecule has 4 rings (SSSR count). The van der Waals surface area contributed by atoms with E-state index in [1.807, 2.05) is 12.1 Å². The van der Waals surface area contributed by atoms with Gasteiger partial charge in [-0.25, -0.2) is 13.8 Å². The summed E-state index contributed by atoms with van der Waals surface area (Å²) < 4.78 is 29.8. The minimum absolute atomic E-state index is 0.0242. The van der Waals surface area contributed by atoms with E-state index in [1.165, 1.54) is 12.1 Å². The second-order valence-electron chi connectivity index (χ2n) is 8.26. The van der Waals surface area contributed by atoms with Gasteiger partial charge in [-0.1, -0.05) is 19.9 Å². The molecule has 0 amide bonds. The predicted molar refractivity (Wildman–Crippen MR) is 110 cm³/mol. The van der Waals surface area contributed by atoms with Crippen molar-refractivity contribution in [1.29, 1.82) is 0 Å². The molecule has 1 aliphatic carbocycles. The summed E-state index contributed by atoms with van der Waals surface area (Å²) in [5, 5.41) is 10.4. The quantitative estimate of drug-likeness (QED) is 0.675. The summed E-state index contributed by atoms with van der Waals surface area (Å²) in [6.45, 7) is 5.07. The highest BCUT2D eigenvalue weighted by atomic mass is 32.2. The molecular formula is C22H24F2N2O2S. The number of hydrogen-bond donors (Lipinski definition) is 1. The summed E-state index contributed by atoms with van der Waals surface area (Å²) >= 11 is 1.60. The van der Waals surface area contributed by atoms with Crippen LogP contribution in [-0.4, -0.2) is 34.4 Å². The number of pyridine rings is 1. The number of aliphatic carboxylic acids is 1. The Morgan fingerprint density at radius 2 is 1.90 bits per heavy atom. The highest BCUT2D eigenvalue weighted by Crippen LogP contribution is 2.59. The lowest BCUT2D eigenvalue weighted by Crippen LogP contribution is -2.36. The van der Waals surface area contributed by atoms with E-state index in [0.717, 1.165) is 5.03 Å². The van der Waals surface area contributed by atoms with Gasteiger partial charge < -0.3 is 10.0 Å². The maximum absolute atomic E-state index is 14.9. The van der Waals surface area contributed by atoms with E-state index < -0.39 is 17.6 Å². The van der Waals surface area contributed by atoms with E-state index >= 15 is 0 Å². The third-order valence-electron chi connectivity index (χ3n) is 5.96. The number of thioether (sulfide) groups is 1. The fourth-order valence-corrected chi connectivity index (χ4v) is 5.11. The Labute approximate surface area is 173 Å². The molecule has 4 nitrogen and oxygen atoms in total. The number of carbonyl (C=O) groups is 1. The summed E-state index contributed by atoms with van der Waals surface area (Å²) in [5.41, 5.74) is 0.758. The van der Waals surface area contributed by atoms with Gasteiger partial charge in [-0.3, -0.25) is 4.79 Å². The maximum atomic E-state index is 14.9. The zero-order valence-corrected chi connectivity index (χ0v) is 17.3. The molecular weight excluding hydrogens is 394 g/mol. The molecule has 154 valence electrons. The Morgan fingerprint density at radius 3 is 2.45 bits per heavy atom. The number of piperidine rings is 1. The normalized spacial score (nSPS) is 20.3. The highest BCUT2D eigenvalue weighted by Gasteiger charge is 2.59. The number of anilines is 1. The third-order valence-corrected chi connectivity index (χ3v) is 6.90. The van der Waals surface area contributed by atoms with E-state index in [2.05, 4.69) is 18.8 Å². The Morgan fingerprint density at radius 1 is 1.24 bits per heavy atom. The third kappa shape index (κ3) is 3.97. The molecule has 1 saturated carbocycles. The van der Waals surface area contributed by atoms with Gasteiger partial charge in [0.25, 0.3) is 0 Å². The van der Waals surface area contributed by atoms with Crippen molar-refractivity contribution in [3.63, 3.8) is 0 Å². The second-order valence-corrected chi connectivity index (χ2v) is 9.86. The van der Waals surface area contributed by atoms with Gasteiger partial charge in [0, 0.05) is 23.9 Å². The zero-order chi connectivity index (χ0) is 20.8. The first-order valence-electron chi connectivity index (χ1n) is 9.90. The van der Waals surface area contributed by atoms with Crippen LogP contribution in [0, 0.1) is 23.0 Å². The molecule has 7 heteroatoms. The summed E-state index contributed by atoms with van der Waals surface area (Å²) in [7, 11) is 0. The Bertz CT molecular complexity index is 919. The van der Waals surface area contributed by atoms with Crippen LogP contribution in [0.25, 0.3) is 11.3 Å². The fraction of sp³-hybridized carbons (Fsp3) is 0.455. The minimum Gasteiger partial charge on any atom is -0.481 e. The molecule has 2 aromatic rings. The topological polar surface area (TPSA) is 53.4 Å². The van der Waals surface area contributed by atoms with Gasteiger partial charge >= 0.3 is 5.97 Å². The lowest BCUT2D eigenvalue weighted by atomic mass is 9.90. The van der Waals surface area contributed by atoms with Crippen LogP contribution in [0.2, 0.25) is 0 Å². The summed E-state index contributed by atoms with van der Waals surface area (Å²) in [5.74, 6) is -2.27. The maximum Gasteiger partial charge on any atom is 0.307 e. The van der Waals surface area contributed by atoms with Crippen molar-refractivity contribution in [3.05, 3.63) is 42.0 Å². The van der Waals surface area contributed by atoms with Crippen LogP contribution < -0.4 is 4.90 Å². The second kappa shape index (κ2) is 7.59. The van der Waals surface area contributed by atoms with E-state index in [4.69, 9.17) is 0 Å². The average molecular weight is 419 g/mol. The zero-order valence-electron chi connectivity index (χ0n) is 16.5. The van der Waals surface area contributed by atoms with Crippen molar-refractivity contribution >= 4 is 23.4 Å². The largest absolute Gasteiger partial charge is 0.481 e. The van der Waals surface area contributed by atoms with Crippen molar-refractivity contribution in [2.24, 2.45) is 11.3 Å². The van der Waals surface area contributed by atoms with Crippen molar-refractivity contribution in [2.45, 2.75) is 43.4 Å². The fourth-order valence-electron chi connectivity index (χ4n) is 4.32. The van der Waals surface area contributed by atoms with E-state index in [0.29, 0.717) is 48.9 Å². The van der Waals surface area contributed by atoms with Crippen molar-refractivity contribution < 1.29 is 18.7 Å². The number of rotatable bonds is 5. The van der Waals surface area contributed by atoms with Crippen molar-refractivity contribution in [3.8, 4) is 11.3 Å². The minimum atomic E-state index is -0.759. The van der Waals surface area contributed by atoms with Crippen LogP contribution in [0.15, 0.2) is 35.4 Å². The van der Waals surface area contributed by atoms with Gasteiger partial charge in [0.2, 0.25) is 0 Å². The molecule has 1 spiro atoms. The van der Waals surface area contributed by atoms with E-state index in [9.17, 15) is 18.7 Å². The van der Waals surface area contributed by atoms with Gasteiger partial charge in [0.15, 0.2) is 0 Å². The van der Waals surface area contributed by atoms with Crippen LogP contribution in [-0.2, 0) is 4.79 Å². The molecule has 1 saturated heterocycles. The number of carboxylic acid groups (broad SMARTS) is 1. The van der Waals surface area contributed by atoms with Crippen LogP contribution >= 0.6 is 11.8 Å². The number of benzene rings is 1. The summed E-state index contributed by atoms with van der Waals surface area (Å²) in [4.78, 5) is 17.4. The Balaban J connectivity index is 1.54. The lowest BCUT2D eigenvalue weighted by molar-refractivity contribution is -0.139. The SMILES string of the molecule is CC(C)Sc1cccc(-c2cc(F)c(N3CCC4(CC3)CC4C(=O)O)c(F)c2)n1. The molecule has 1 atom stereocenters. The van der Waals surface area contributed by atoms with Crippen LogP contribution in [0.3, 0.4) is 0 Å². The van der Waals surface area contributed by atoms with Gasteiger partial charge in [-0.2, -0.15) is 0 Å². The predicted octanol–water partition coefficient (Wildman–Crippen LogP) is 5.22. The Kier molecular flexibility index (Phi) is 5.27. The van der Waals surface area contributed by atoms with Gasteiger partial charge in [-0.05, 0) is 48.9 Å². The molecule has 2 aliphatic rings. The molecule has 2 heterocycles. The van der Waals surface area contributed by atoms with Crippen LogP contribution in [0.5, 0.6) is 0 Å². The molecule has 1 unspecified atom stereocenters. The number of aromatic nitrogens is 1. The Hall–Kier alpha value is -2.15. The van der Waals surface area contributed by atoms with E-state index in [1.54, 1.807) is 22.7 Å². The summed E-state index contributed by atoms with van der Waals surface area (Å²) in [6, 6.07) is 8.16. The molecule has 1 aliphatic heterocycles. The number of carboxylic acids is 1. The van der Waals surface area contributed by atoms with Gasteiger partial charge in [-0.15, -0.1) is 11.8 Å². The number of halogens is 2. The number of nitrogens with zero attached hydrogens (tertiary/aromatic N) is 2. The van der Waals surface area contributed by atoms with Crippen LogP contribution in [0.4, 0.5) is 14.5 Å². The van der Waals surface area contributed by atoms with Gasteiger partial charge in [0.1, 0.15) is 17.3 Å². The first-order chi connectivity index (χ1) is 13.8. The molecule has 1 aromatic carbocycles. The molecule has 1 aromatic heterocycles. The standard InChI is InChI=1S/C22H24F2N2O2S/c1-13(2)29-19-5-3-4-18(25-19)14-10-16(23)20(17(24)11-14)26-8-6-22(7-9-26)12-15(22)21(27)28/h3-5,10-11,13,15H,6-9,12H2,1-2H3,(H,27,28). The van der Waals surface area contributed by atoms with Crippen LogP contribution in [0.1, 0.15) is 33.1 Å². The monoisotopic (exact) mass is 418 g/mol. The number of hydrogen-bond acceptors (Lipinski definition) is 4.